The number of aromatic nitrogens is 4. The number of aromatic amines is 1. The van der Waals surface area contributed by atoms with Crippen molar-refractivity contribution in [3.8, 4) is 0 Å². The third kappa shape index (κ3) is 3.69. The van der Waals surface area contributed by atoms with E-state index >= 15 is 0 Å². The molecule has 8 heteroatoms. The van der Waals surface area contributed by atoms with E-state index < -0.39 is 11.9 Å². The van der Waals surface area contributed by atoms with Crippen molar-refractivity contribution in [2.75, 3.05) is 5.32 Å². The zero-order chi connectivity index (χ0) is 14.8. The third-order valence-electron chi connectivity index (χ3n) is 2.60. The number of rotatable bonds is 4. The number of hydrogen-bond acceptors (Lipinski definition) is 4. The lowest BCUT2D eigenvalue weighted by Crippen LogP contribution is -2.21. The van der Waals surface area contributed by atoms with Crippen molar-refractivity contribution < 1.29 is 13.2 Å². The molecule has 0 aromatic carbocycles. The number of nitrogens with zero attached hydrogens (tertiary/aromatic N) is 3. The largest absolute Gasteiger partial charge is 0.433 e. The fraction of sp³-hybridized carbons (Fsp3) is 0.417. The average molecular weight is 285 g/mol. The van der Waals surface area contributed by atoms with Crippen LogP contribution in [-0.2, 0) is 12.6 Å². The molecule has 0 radical (unpaired) electrons. The number of alkyl halides is 3. The molecule has 0 aliphatic carbocycles. The first-order valence-electron chi connectivity index (χ1n) is 6.02. The summed E-state index contributed by atoms with van der Waals surface area (Å²) in [5, 5.41) is 9.71. The van der Waals surface area contributed by atoms with Gasteiger partial charge in [0.1, 0.15) is 5.69 Å². The van der Waals surface area contributed by atoms with Crippen LogP contribution >= 0.6 is 0 Å². The Morgan fingerprint density at radius 2 is 2.15 bits per heavy atom. The number of hydrogen-bond donors (Lipinski definition) is 2. The minimum Gasteiger partial charge on any atom is -0.351 e. The molecule has 20 heavy (non-hydrogen) atoms. The van der Waals surface area contributed by atoms with Crippen molar-refractivity contribution >= 4 is 5.95 Å². The van der Waals surface area contributed by atoms with Gasteiger partial charge in [0.05, 0.1) is 5.69 Å². The van der Waals surface area contributed by atoms with Gasteiger partial charge in [-0.05, 0) is 26.0 Å². The van der Waals surface area contributed by atoms with Gasteiger partial charge in [-0.1, -0.05) is 0 Å². The Balaban J connectivity index is 2.02. The SMILES string of the molecule is Cc1cc(CC(C)Nc2nccc(C(F)(F)F)n2)n[nH]1. The molecule has 5 nitrogen and oxygen atoms in total. The highest BCUT2D eigenvalue weighted by Crippen LogP contribution is 2.27. The number of nitrogens with one attached hydrogen (secondary N) is 2. The Morgan fingerprint density at radius 1 is 1.40 bits per heavy atom. The molecule has 0 aliphatic heterocycles. The predicted octanol–water partition coefficient (Wildman–Crippen LogP) is 2.57. The number of aryl methyl sites for hydroxylation is 1. The molecule has 2 aromatic heterocycles. The molecule has 0 bridgehead atoms. The molecule has 2 aromatic rings. The highest BCUT2D eigenvalue weighted by atomic mass is 19.4. The van der Waals surface area contributed by atoms with E-state index in [0.717, 1.165) is 23.7 Å². The Kier molecular flexibility index (Phi) is 3.91. The van der Waals surface area contributed by atoms with Crippen LogP contribution in [0.1, 0.15) is 24.0 Å². The van der Waals surface area contributed by atoms with Crippen LogP contribution in [0.3, 0.4) is 0 Å². The molecular weight excluding hydrogens is 271 g/mol. The topological polar surface area (TPSA) is 66.5 Å². The van der Waals surface area contributed by atoms with Crippen molar-refractivity contribution in [3.63, 3.8) is 0 Å². The summed E-state index contributed by atoms with van der Waals surface area (Å²) in [5.74, 6) is -0.0421. The standard InChI is InChI=1S/C12H14F3N5/c1-7(5-9-6-8(2)19-20-9)17-11-16-4-3-10(18-11)12(13,14)15/h3-4,6-7H,5H2,1-2H3,(H,19,20)(H,16,17,18). The van der Waals surface area contributed by atoms with Crippen LogP contribution in [0.15, 0.2) is 18.3 Å². The number of anilines is 1. The first kappa shape index (κ1) is 14.3. The summed E-state index contributed by atoms with van der Waals surface area (Å²) in [6, 6.07) is 2.58. The normalized spacial score (nSPS) is 13.2. The summed E-state index contributed by atoms with van der Waals surface area (Å²) in [4.78, 5) is 7.24. The fourth-order valence-electron chi connectivity index (χ4n) is 1.75. The number of H-pyrrole nitrogens is 1. The Morgan fingerprint density at radius 3 is 2.75 bits per heavy atom. The number of halogens is 3. The molecule has 108 valence electrons. The maximum Gasteiger partial charge on any atom is 0.433 e. The van der Waals surface area contributed by atoms with Gasteiger partial charge in [0, 0.05) is 24.4 Å². The highest BCUT2D eigenvalue weighted by Gasteiger charge is 2.32. The summed E-state index contributed by atoms with van der Waals surface area (Å²) in [5.41, 5.74) is 0.801. The summed E-state index contributed by atoms with van der Waals surface area (Å²) in [6.07, 6.45) is -2.82. The quantitative estimate of drug-likeness (QED) is 0.906. The summed E-state index contributed by atoms with van der Waals surface area (Å²) in [6.45, 7) is 3.71. The Bertz CT molecular complexity index is 578. The van der Waals surface area contributed by atoms with E-state index in [4.69, 9.17) is 0 Å². The van der Waals surface area contributed by atoms with Gasteiger partial charge in [0.2, 0.25) is 5.95 Å². The fourth-order valence-corrected chi connectivity index (χ4v) is 1.75. The first-order chi connectivity index (χ1) is 9.34. The van der Waals surface area contributed by atoms with Crippen LogP contribution in [-0.4, -0.2) is 26.2 Å². The predicted molar refractivity (Wildman–Crippen MR) is 67.1 cm³/mol. The van der Waals surface area contributed by atoms with Crippen molar-refractivity contribution in [2.24, 2.45) is 0 Å². The summed E-state index contributed by atoms with van der Waals surface area (Å²) >= 11 is 0. The van der Waals surface area contributed by atoms with Crippen LogP contribution in [0, 0.1) is 6.92 Å². The second-order valence-electron chi connectivity index (χ2n) is 4.56. The molecule has 2 rings (SSSR count). The van der Waals surface area contributed by atoms with E-state index in [1.165, 1.54) is 0 Å². The summed E-state index contributed by atoms with van der Waals surface area (Å²) in [7, 11) is 0. The molecule has 0 saturated carbocycles. The highest BCUT2D eigenvalue weighted by molar-refractivity contribution is 5.28. The van der Waals surface area contributed by atoms with Gasteiger partial charge in [-0.25, -0.2) is 9.97 Å². The van der Waals surface area contributed by atoms with Gasteiger partial charge < -0.3 is 5.32 Å². The van der Waals surface area contributed by atoms with Crippen molar-refractivity contribution in [2.45, 2.75) is 32.5 Å². The molecule has 0 saturated heterocycles. The Labute approximate surface area is 113 Å². The smallest absolute Gasteiger partial charge is 0.351 e. The van der Waals surface area contributed by atoms with E-state index in [2.05, 4.69) is 25.5 Å². The summed E-state index contributed by atoms with van der Waals surface area (Å²) < 4.78 is 37.6. The van der Waals surface area contributed by atoms with Crippen molar-refractivity contribution in [1.82, 2.24) is 20.2 Å². The molecule has 1 atom stereocenters. The van der Waals surface area contributed by atoms with Crippen LogP contribution < -0.4 is 5.32 Å². The molecule has 0 amide bonds. The lowest BCUT2D eigenvalue weighted by atomic mass is 10.2. The maximum absolute atomic E-state index is 12.5. The minimum atomic E-state index is -4.47. The molecule has 0 aliphatic rings. The second kappa shape index (κ2) is 5.48. The zero-order valence-electron chi connectivity index (χ0n) is 11.0. The van der Waals surface area contributed by atoms with Crippen LogP contribution in [0.4, 0.5) is 19.1 Å². The molecular formula is C12H14F3N5. The van der Waals surface area contributed by atoms with Gasteiger partial charge in [-0.3, -0.25) is 5.10 Å². The van der Waals surface area contributed by atoms with Gasteiger partial charge >= 0.3 is 6.18 Å². The van der Waals surface area contributed by atoms with Gasteiger partial charge in [-0.2, -0.15) is 18.3 Å². The Hall–Kier alpha value is -2.12. The lowest BCUT2D eigenvalue weighted by Gasteiger charge is -2.13. The minimum absolute atomic E-state index is 0.0421. The zero-order valence-corrected chi connectivity index (χ0v) is 11.0. The second-order valence-corrected chi connectivity index (χ2v) is 4.56. The van der Waals surface area contributed by atoms with E-state index in [9.17, 15) is 13.2 Å². The van der Waals surface area contributed by atoms with Crippen molar-refractivity contribution in [1.29, 1.82) is 0 Å². The van der Waals surface area contributed by atoms with Gasteiger partial charge in [0.25, 0.3) is 0 Å². The van der Waals surface area contributed by atoms with Crippen molar-refractivity contribution in [3.05, 3.63) is 35.4 Å². The van der Waals surface area contributed by atoms with E-state index in [1.807, 2.05) is 19.9 Å². The molecule has 2 heterocycles. The lowest BCUT2D eigenvalue weighted by molar-refractivity contribution is -0.141. The average Bonchev–Trinajstić information content (AvgIpc) is 2.73. The first-order valence-corrected chi connectivity index (χ1v) is 6.02. The molecule has 1 unspecified atom stereocenters. The molecule has 0 spiro atoms. The van der Waals surface area contributed by atoms with Gasteiger partial charge in [0.15, 0.2) is 0 Å². The van der Waals surface area contributed by atoms with E-state index in [-0.39, 0.29) is 12.0 Å². The maximum atomic E-state index is 12.5. The molecule has 0 fully saturated rings. The van der Waals surface area contributed by atoms with Gasteiger partial charge in [-0.15, -0.1) is 0 Å². The molecule has 2 N–H and O–H groups in total. The van der Waals surface area contributed by atoms with E-state index in [0.29, 0.717) is 6.42 Å². The van der Waals surface area contributed by atoms with E-state index in [1.54, 1.807) is 0 Å². The van der Waals surface area contributed by atoms with Crippen LogP contribution in [0.25, 0.3) is 0 Å². The van der Waals surface area contributed by atoms with Crippen LogP contribution in [0.5, 0.6) is 0 Å². The van der Waals surface area contributed by atoms with Crippen LogP contribution in [0.2, 0.25) is 0 Å². The monoisotopic (exact) mass is 285 g/mol. The third-order valence-corrected chi connectivity index (χ3v) is 2.60.